The Balaban J connectivity index is 0.000000422. The molecular weight excluding hydrogens is 332 g/mol. The van der Waals surface area contributed by atoms with E-state index in [1.54, 1.807) is 24.2 Å². The molecule has 0 saturated heterocycles. The Bertz CT molecular complexity index is 654. The summed E-state index contributed by atoms with van der Waals surface area (Å²) in [5, 5.41) is 7.82. The van der Waals surface area contributed by atoms with Crippen LogP contribution in [0.3, 0.4) is 0 Å². The van der Waals surface area contributed by atoms with E-state index >= 15 is 0 Å². The lowest BCUT2D eigenvalue weighted by molar-refractivity contribution is -2.00. The number of nitrogens with one attached hydrogen (secondary N) is 1. The Labute approximate surface area is 133 Å². The van der Waals surface area contributed by atoms with Crippen LogP contribution in [0.5, 0.6) is 0 Å². The fraction of sp³-hybridized carbons (Fsp3) is 0.250. The average Bonchev–Trinajstić information content (AvgIpc) is 2.41. The molecule has 120 valence electrons. The first-order valence-corrected chi connectivity index (χ1v) is 8.11. The number of pyridine rings is 1. The van der Waals surface area contributed by atoms with Crippen LogP contribution in [0.25, 0.3) is 0 Å². The first-order valence-electron chi connectivity index (χ1n) is 5.89. The van der Waals surface area contributed by atoms with E-state index in [2.05, 4.69) is 9.97 Å². The van der Waals surface area contributed by atoms with Gasteiger partial charge in [-0.2, -0.15) is 0 Å². The molecule has 0 unspecified atom stereocenters. The van der Waals surface area contributed by atoms with E-state index in [4.69, 9.17) is 24.0 Å². The molecule has 0 aliphatic carbocycles. The summed E-state index contributed by atoms with van der Waals surface area (Å²) in [6, 6.07) is 3.94. The summed E-state index contributed by atoms with van der Waals surface area (Å²) >= 11 is 1.69. The number of thioether (sulfide) groups is 1. The maximum Gasteiger partial charge on any atom is 0.152 e. The number of hydrogen-bond acceptors (Lipinski definition) is 8. The number of aromatic nitrogens is 3. The average molecular weight is 346 g/mol. The summed E-state index contributed by atoms with van der Waals surface area (Å²) in [5.41, 5.74) is 1.31. The fourth-order valence-corrected chi connectivity index (χ4v) is 2.25. The highest BCUT2D eigenvalue weighted by Crippen LogP contribution is 2.19. The molecule has 2 rings (SSSR count). The number of hydrogen-bond donors (Lipinski definition) is 1. The van der Waals surface area contributed by atoms with Crippen LogP contribution in [0.2, 0.25) is 0 Å². The van der Waals surface area contributed by atoms with E-state index in [1.165, 1.54) is 0 Å². The van der Waals surface area contributed by atoms with Gasteiger partial charge in [-0.05, 0) is 19.1 Å². The minimum atomic E-state index is -4.94. The van der Waals surface area contributed by atoms with Gasteiger partial charge in [0.15, 0.2) is 5.49 Å². The lowest BCUT2D eigenvalue weighted by atomic mass is 10.3. The summed E-state index contributed by atoms with van der Waals surface area (Å²) in [4.78, 5) is 9.32. The van der Waals surface area contributed by atoms with Crippen LogP contribution < -0.4 is 24.1 Å². The molecule has 10 heteroatoms. The molecule has 0 spiro atoms. The molecule has 1 N–H and O–H groups in total. The predicted octanol–water partition coefficient (Wildman–Crippen LogP) is -2.86. The summed E-state index contributed by atoms with van der Waals surface area (Å²) in [6.45, 7) is 1.90. The third kappa shape index (κ3) is 7.50. The van der Waals surface area contributed by atoms with Gasteiger partial charge in [-0.25, -0.2) is 23.6 Å². The lowest BCUT2D eigenvalue weighted by Gasteiger charge is -2.17. The molecule has 0 saturated carbocycles. The van der Waals surface area contributed by atoms with Crippen molar-refractivity contribution in [3.8, 4) is 0 Å². The Hall–Kier alpha value is -1.49. The summed E-state index contributed by atoms with van der Waals surface area (Å²) < 4.78 is 35.9. The zero-order valence-electron chi connectivity index (χ0n) is 11.9. The van der Waals surface area contributed by atoms with Crippen molar-refractivity contribution in [2.75, 3.05) is 0 Å². The van der Waals surface area contributed by atoms with E-state index in [1.807, 2.05) is 36.9 Å². The number of nitrogens with zero attached hydrogens (tertiary/aromatic N) is 3. The van der Waals surface area contributed by atoms with Crippen molar-refractivity contribution in [1.29, 1.82) is 5.41 Å². The van der Waals surface area contributed by atoms with Crippen LogP contribution >= 0.6 is 11.8 Å². The van der Waals surface area contributed by atoms with Gasteiger partial charge in [0.2, 0.25) is 0 Å². The quantitative estimate of drug-likeness (QED) is 0.588. The van der Waals surface area contributed by atoms with Crippen molar-refractivity contribution in [3.05, 3.63) is 47.6 Å². The zero-order chi connectivity index (χ0) is 16.8. The van der Waals surface area contributed by atoms with Crippen molar-refractivity contribution in [2.45, 2.75) is 17.6 Å². The van der Waals surface area contributed by atoms with Gasteiger partial charge in [0, 0.05) is 41.8 Å². The van der Waals surface area contributed by atoms with Gasteiger partial charge in [0.1, 0.15) is 5.82 Å². The zero-order valence-corrected chi connectivity index (χ0v) is 13.4. The van der Waals surface area contributed by atoms with Crippen molar-refractivity contribution in [2.24, 2.45) is 7.05 Å². The van der Waals surface area contributed by atoms with Gasteiger partial charge in [-0.15, -0.1) is 22.0 Å². The van der Waals surface area contributed by atoms with Gasteiger partial charge in [0.05, 0.1) is 0 Å². The molecule has 2 aromatic heterocycles. The monoisotopic (exact) mass is 345 g/mol. The van der Waals surface area contributed by atoms with Gasteiger partial charge in [-0.1, -0.05) is 0 Å². The molecule has 0 aliphatic rings. The van der Waals surface area contributed by atoms with E-state index in [-0.39, 0.29) is 0 Å². The van der Waals surface area contributed by atoms with Gasteiger partial charge < -0.3 is 4.57 Å². The second-order valence-corrected chi connectivity index (χ2v) is 5.93. The second-order valence-electron chi connectivity index (χ2n) is 4.12. The minimum Gasteiger partial charge on any atom is -0.339 e. The van der Waals surface area contributed by atoms with Crippen LogP contribution in [0, 0.1) is 22.6 Å². The third-order valence-electron chi connectivity index (χ3n) is 2.48. The van der Waals surface area contributed by atoms with Crippen molar-refractivity contribution >= 4 is 11.8 Å². The van der Waals surface area contributed by atoms with Crippen LogP contribution in [0.15, 0.2) is 35.6 Å². The van der Waals surface area contributed by atoms with E-state index < -0.39 is 10.2 Å². The molecular formula is C12H14ClN4O4S-. The van der Waals surface area contributed by atoms with Crippen molar-refractivity contribution in [3.63, 3.8) is 0 Å². The SMILES string of the molecule is Cc1nc(=N)c(CSc2ccncc2)cn1C.[O-][Cl+3]([O-])([O-])[O-]. The van der Waals surface area contributed by atoms with Crippen LogP contribution in [0.4, 0.5) is 0 Å². The highest BCUT2D eigenvalue weighted by Gasteiger charge is 2.02. The molecule has 0 aromatic carbocycles. The standard InChI is InChI=1S/C12H14N4S.ClHO4/c1-9-15-12(13)10(7-16(9)2)8-17-11-3-5-14-6-4-11;2-1(3,4)5/h3-7,13H,8H2,1-2H3;(H,2,3,4,5)/p-1. The van der Waals surface area contributed by atoms with E-state index in [9.17, 15) is 0 Å². The van der Waals surface area contributed by atoms with E-state index in [0.29, 0.717) is 5.49 Å². The predicted molar refractivity (Wildman–Crippen MR) is 67.6 cm³/mol. The molecule has 0 bridgehead atoms. The summed E-state index contributed by atoms with van der Waals surface area (Å²) in [5.74, 6) is 1.61. The largest absolute Gasteiger partial charge is 0.339 e. The minimum absolute atomic E-state index is 0.363. The van der Waals surface area contributed by atoms with Crippen molar-refractivity contribution < 1.29 is 28.9 Å². The topological polar surface area (TPSA) is 147 Å². The lowest BCUT2D eigenvalue weighted by Crippen LogP contribution is -2.68. The normalized spacial score (nSPS) is 10.8. The Kier molecular flexibility index (Phi) is 6.94. The molecule has 0 fully saturated rings. The highest BCUT2D eigenvalue weighted by molar-refractivity contribution is 7.98. The second kappa shape index (κ2) is 8.22. The number of aryl methyl sites for hydroxylation is 2. The fourth-order valence-electron chi connectivity index (χ4n) is 1.40. The molecule has 8 nitrogen and oxygen atoms in total. The first kappa shape index (κ1) is 18.6. The number of rotatable bonds is 3. The van der Waals surface area contributed by atoms with Gasteiger partial charge >= 0.3 is 0 Å². The van der Waals surface area contributed by atoms with Crippen LogP contribution in [0.1, 0.15) is 11.4 Å². The Morgan fingerprint density at radius 2 is 1.77 bits per heavy atom. The van der Waals surface area contributed by atoms with E-state index in [0.717, 1.165) is 22.0 Å². The Morgan fingerprint density at radius 1 is 1.23 bits per heavy atom. The highest BCUT2D eigenvalue weighted by atomic mass is 35.7. The molecule has 0 aliphatic heterocycles. The maximum absolute atomic E-state index is 8.49. The van der Waals surface area contributed by atoms with Crippen LogP contribution in [-0.2, 0) is 12.8 Å². The molecule has 2 heterocycles. The third-order valence-corrected chi connectivity index (χ3v) is 3.54. The van der Waals surface area contributed by atoms with Gasteiger partial charge in [-0.3, -0.25) is 10.4 Å². The molecule has 0 radical (unpaired) electrons. The van der Waals surface area contributed by atoms with Crippen LogP contribution in [-0.4, -0.2) is 14.5 Å². The van der Waals surface area contributed by atoms with Crippen molar-refractivity contribution in [1.82, 2.24) is 14.5 Å². The molecule has 22 heavy (non-hydrogen) atoms. The maximum atomic E-state index is 8.49. The number of halogens is 1. The molecule has 0 amide bonds. The summed E-state index contributed by atoms with van der Waals surface area (Å²) in [6.07, 6.45) is 5.52. The molecule has 0 atom stereocenters. The Morgan fingerprint density at radius 3 is 2.32 bits per heavy atom. The first-order chi connectivity index (χ1) is 10.2. The smallest absolute Gasteiger partial charge is 0.152 e. The van der Waals surface area contributed by atoms with Gasteiger partial charge in [0.25, 0.3) is 0 Å². The summed E-state index contributed by atoms with van der Waals surface area (Å²) in [7, 11) is -3.00. The molecule has 2 aromatic rings.